The van der Waals surface area contributed by atoms with E-state index in [0.29, 0.717) is 5.92 Å². The summed E-state index contributed by atoms with van der Waals surface area (Å²) in [5, 5.41) is 3.55. The molecule has 2 aliphatic rings. The van der Waals surface area contributed by atoms with Crippen LogP contribution >= 0.6 is 11.8 Å². The Labute approximate surface area is 108 Å². The van der Waals surface area contributed by atoms with Crippen molar-refractivity contribution in [2.45, 2.75) is 12.5 Å². The van der Waals surface area contributed by atoms with Crippen molar-refractivity contribution < 1.29 is 0 Å². The zero-order valence-electron chi connectivity index (χ0n) is 10.2. The minimum Gasteiger partial charge on any atom is -0.312 e. The summed E-state index contributed by atoms with van der Waals surface area (Å²) in [5.41, 5.74) is 3.07. The molecule has 0 amide bonds. The summed E-state index contributed by atoms with van der Waals surface area (Å²) >= 11 is 2.09. The lowest BCUT2D eigenvalue weighted by Gasteiger charge is -2.33. The Balaban J connectivity index is 1.71. The molecule has 92 valence electrons. The minimum absolute atomic E-state index is 0.683. The van der Waals surface area contributed by atoms with Gasteiger partial charge in [0.05, 0.1) is 0 Å². The maximum atomic E-state index is 3.55. The van der Waals surface area contributed by atoms with Crippen LogP contribution in [0.5, 0.6) is 0 Å². The van der Waals surface area contributed by atoms with E-state index in [9.17, 15) is 0 Å². The highest BCUT2D eigenvalue weighted by atomic mass is 32.2. The highest BCUT2D eigenvalue weighted by Crippen LogP contribution is 2.25. The Morgan fingerprint density at radius 1 is 1.24 bits per heavy atom. The van der Waals surface area contributed by atoms with Gasteiger partial charge < -0.3 is 10.2 Å². The van der Waals surface area contributed by atoms with Crippen LogP contribution in [0.25, 0.3) is 0 Å². The third kappa shape index (κ3) is 2.67. The maximum absolute atomic E-state index is 3.55. The molecule has 0 saturated carbocycles. The smallest absolute Gasteiger partial charge is 0.0208 e. The van der Waals surface area contributed by atoms with Crippen LogP contribution in [-0.2, 0) is 6.54 Å². The van der Waals surface area contributed by atoms with Crippen molar-refractivity contribution in [3.8, 4) is 0 Å². The van der Waals surface area contributed by atoms with Gasteiger partial charge in [-0.15, -0.1) is 0 Å². The monoisotopic (exact) mass is 248 g/mol. The molecule has 3 heteroatoms. The number of nitrogens with one attached hydrogen (secondary N) is 1. The Morgan fingerprint density at radius 2 is 2.06 bits per heavy atom. The lowest BCUT2D eigenvalue weighted by molar-refractivity contribution is 0.274. The van der Waals surface area contributed by atoms with Gasteiger partial charge in [0.2, 0.25) is 0 Å². The van der Waals surface area contributed by atoms with Crippen LogP contribution < -0.4 is 5.32 Å². The Bertz CT molecular complexity index is 374. The van der Waals surface area contributed by atoms with Crippen molar-refractivity contribution >= 4 is 11.8 Å². The molecule has 1 N–H and O–H groups in total. The fourth-order valence-corrected chi connectivity index (χ4v) is 3.82. The zero-order valence-corrected chi connectivity index (χ0v) is 11.0. The van der Waals surface area contributed by atoms with Crippen LogP contribution in [0.1, 0.15) is 17.0 Å². The van der Waals surface area contributed by atoms with Gasteiger partial charge in [0, 0.05) is 50.1 Å². The van der Waals surface area contributed by atoms with E-state index in [1.54, 1.807) is 5.56 Å². The lowest BCUT2D eigenvalue weighted by atomic mass is 9.90. The highest BCUT2D eigenvalue weighted by Gasteiger charge is 2.22. The van der Waals surface area contributed by atoms with Crippen LogP contribution in [0.4, 0.5) is 0 Å². The van der Waals surface area contributed by atoms with Crippen molar-refractivity contribution in [2.75, 3.05) is 37.7 Å². The first kappa shape index (κ1) is 11.6. The van der Waals surface area contributed by atoms with Gasteiger partial charge in [-0.25, -0.2) is 0 Å². The molecule has 1 unspecified atom stereocenters. The van der Waals surface area contributed by atoms with Gasteiger partial charge in [0.25, 0.3) is 0 Å². The van der Waals surface area contributed by atoms with Crippen LogP contribution in [0.3, 0.4) is 0 Å². The van der Waals surface area contributed by atoms with E-state index in [1.807, 2.05) is 0 Å². The molecular formula is C14H20N2S. The van der Waals surface area contributed by atoms with Gasteiger partial charge in [-0.2, -0.15) is 11.8 Å². The summed E-state index contributed by atoms with van der Waals surface area (Å²) < 4.78 is 0. The van der Waals surface area contributed by atoms with E-state index in [-0.39, 0.29) is 0 Å². The van der Waals surface area contributed by atoms with E-state index in [4.69, 9.17) is 0 Å². The standard InChI is InChI=1S/C14H20N2S/c1-2-4-14-12(3-1)9-15-10-13(14)11-16-5-7-17-8-6-16/h1-4,13,15H,5-11H2. The van der Waals surface area contributed by atoms with Gasteiger partial charge in [0.1, 0.15) is 0 Å². The van der Waals surface area contributed by atoms with Gasteiger partial charge in [-0.05, 0) is 11.1 Å². The van der Waals surface area contributed by atoms with Gasteiger partial charge in [-0.1, -0.05) is 24.3 Å². The third-order valence-corrected chi connectivity index (χ3v) is 4.73. The second-order valence-corrected chi connectivity index (χ2v) is 6.16. The van der Waals surface area contributed by atoms with Crippen LogP contribution in [0.2, 0.25) is 0 Å². The molecule has 0 aromatic heterocycles. The summed E-state index contributed by atoms with van der Waals surface area (Å²) in [6.07, 6.45) is 0. The van der Waals surface area contributed by atoms with Crippen LogP contribution in [-0.4, -0.2) is 42.6 Å². The Kier molecular flexibility index (Phi) is 3.69. The van der Waals surface area contributed by atoms with Crippen molar-refractivity contribution in [3.63, 3.8) is 0 Å². The molecule has 0 radical (unpaired) electrons. The molecule has 2 heterocycles. The fourth-order valence-electron chi connectivity index (χ4n) is 2.84. The van der Waals surface area contributed by atoms with E-state index < -0.39 is 0 Å². The van der Waals surface area contributed by atoms with Crippen molar-refractivity contribution in [1.29, 1.82) is 0 Å². The first-order valence-corrected chi connectivity index (χ1v) is 7.67. The molecule has 1 aromatic rings. The average molecular weight is 248 g/mol. The van der Waals surface area contributed by atoms with Gasteiger partial charge >= 0.3 is 0 Å². The quantitative estimate of drug-likeness (QED) is 0.861. The molecule has 2 aliphatic heterocycles. The topological polar surface area (TPSA) is 15.3 Å². The Morgan fingerprint density at radius 3 is 2.94 bits per heavy atom. The molecule has 1 saturated heterocycles. The first-order chi connectivity index (χ1) is 8.43. The van der Waals surface area contributed by atoms with E-state index in [0.717, 1.165) is 13.1 Å². The maximum Gasteiger partial charge on any atom is 0.0208 e. The van der Waals surface area contributed by atoms with Gasteiger partial charge in [0.15, 0.2) is 0 Å². The number of fused-ring (bicyclic) bond motifs is 1. The van der Waals surface area contributed by atoms with E-state index in [2.05, 4.69) is 46.2 Å². The fraction of sp³-hybridized carbons (Fsp3) is 0.571. The van der Waals surface area contributed by atoms with Gasteiger partial charge in [-0.3, -0.25) is 0 Å². The number of rotatable bonds is 2. The summed E-state index contributed by atoms with van der Waals surface area (Å²) in [4.78, 5) is 2.63. The number of nitrogens with zero attached hydrogens (tertiary/aromatic N) is 1. The zero-order chi connectivity index (χ0) is 11.5. The molecular weight excluding hydrogens is 228 g/mol. The Hall–Kier alpha value is -0.510. The summed E-state index contributed by atoms with van der Waals surface area (Å²) in [6.45, 7) is 5.94. The normalized spacial score (nSPS) is 25.5. The number of thioether (sulfide) groups is 1. The average Bonchev–Trinajstić information content (AvgIpc) is 2.40. The molecule has 1 aromatic carbocycles. The predicted molar refractivity (Wildman–Crippen MR) is 74.7 cm³/mol. The molecule has 0 aliphatic carbocycles. The molecule has 2 nitrogen and oxygen atoms in total. The summed E-state index contributed by atoms with van der Waals surface area (Å²) in [5.74, 6) is 3.30. The molecule has 3 rings (SSSR count). The minimum atomic E-state index is 0.683. The summed E-state index contributed by atoms with van der Waals surface area (Å²) in [7, 11) is 0. The summed E-state index contributed by atoms with van der Waals surface area (Å²) in [6, 6.07) is 8.92. The number of benzene rings is 1. The number of hydrogen-bond acceptors (Lipinski definition) is 3. The van der Waals surface area contributed by atoms with E-state index >= 15 is 0 Å². The first-order valence-electron chi connectivity index (χ1n) is 6.52. The SMILES string of the molecule is c1ccc2c(c1)CNCC2CN1CCSCC1. The second kappa shape index (κ2) is 5.42. The molecule has 1 fully saturated rings. The molecule has 0 bridgehead atoms. The third-order valence-electron chi connectivity index (χ3n) is 3.78. The largest absolute Gasteiger partial charge is 0.312 e. The van der Waals surface area contributed by atoms with Crippen molar-refractivity contribution in [3.05, 3.63) is 35.4 Å². The van der Waals surface area contributed by atoms with Crippen molar-refractivity contribution in [2.24, 2.45) is 0 Å². The van der Waals surface area contributed by atoms with Crippen molar-refractivity contribution in [1.82, 2.24) is 10.2 Å². The molecule has 1 atom stereocenters. The van der Waals surface area contributed by atoms with E-state index in [1.165, 1.54) is 36.7 Å². The highest BCUT2D eigenvalue weighted by molar-refractivity contribution is 7.99. The molecule has 0 spiro atoms. The van der Waals surface area contributed by atoms with Crippen LogP contribution in [0, 0.1) is 0 Å². The number of hydrogen-bond donors (Lipinski definition) is 1. The van der Waals surface area contributed by atoms with Crippen LogP contribution in [0.15, 0.2) is 24.3 Å². The lowest BCUT2D eigenvalue weighted by Crippen LogP contribution is -2.40. The predicted octanol–water partition coefficient (Wildman–Crippen LogP) is 1.92. The molecule has 17 heavy (non-hydrogen) atoms. The second-order valence-electron chi connectivity index (χ2n) is 4.94.